The molecule has 0 aliphatic rings. The number of esters is 1. The fourth-order valence-electron chi connectivity index (χ4n) is 2.45. The highest BCUT2D eigenvalue weighted by molar-refractivity contribution is 9.10. The maximum absolute atomic E-state index is 12.2. The van der Waals surface area contributed by atoms with E-state index in [1.54, 1.807) is 55.5 Å². The molecule has 1 heterocycles. The molecule has 3 aromatic rings. The van der Waals surface area contributed by atoms with Crippen molar-refractivity contribution in [3.63, 3.8) is 0 Å². The van der Waals surface area contributed by atoms with Crippen molar-refractivity contribution >= 4 is 33.8 Å². The second-order valence-corrected chi connectivity index (χ2v) is 6.62. The van der Waals surface area contributed by atoms with Crippen LogP contribution in [0.2, 0.25) is 0 Å². The molecular weight excluding hydrogens is 408 g/mol. The van der Waals surface area contributed by atoms with Crippen LogP contribution in [0.15, 0.2) is 75.6 Å². The van der Waals surface area contributed by atoms with Crippen molar-refractivity contribution in [2.24, 2.45) is 0 Å². The first-order chi connectivity index (χ1) is 13.1. The van der Waals surface area contributed by atoms with E-state index in [0.717, 1.165) is 10.0 Å². The standard InChI is InChI=1S/C22H17BrO4/c1-2-26-22(25)17-5-3-16(4-6-17)21-14-12-19(27-21)11-13-20(24)15-7-9-18(23)10-8-15/h3-14H,2H2,1H3. The number of carbonyl (C=O) groups is 2. The molecule has 0 spiro atoms. The topological polar surface area (TPSA) is 56.5 Å². The Kier molecular flexibility index (Phi) is 6.04. The molecule has 0 aliphatic carbocycles. The number of rotatable bonds is 6. The molecule has 2 aromatic carbocycles. The van der Waals surface area contributed by atoms with Gasteiger partial charge in [0.15, 0.2) is 5.78 Å². The average Bonchev–Trinajstić information content (AvgIpc) is 3.16. The summed E-state index contributed by atoms with van der Waals surface area (Å²) in [4.78, 5) is 23.9. The molecule has 0 bridgehead atoms. The molecule has 0 radical (unpaired) electrons. The largest absolute Gasteiger partial charge is 0.462 e. The van der Waals surface area contributed by atoms with Crippen LogP contribution in [-0.2, 0) is 4.74 Å². The van der Waals surface area contributed by atoms with Gasteiger partial charge in [0.1, 0.15) is 11.5 Å². The maximum atomic E-state index is 12.2. The van der Waals surface area contributed by atoms with E-state index >= 15 is 0 Å². The third-order valence-electron chi connectivity index (χ3n) is 3.84. The zero-order chi connectivity index (χ0) is 19.2. The molecular formula is C22H17BrO4. The van der Waals surface area contributed by atoms with Crippen molar-refractivity contribution in [3.05, 3.63) is 88.1 Å². The Morgan fingerprint density at radius 2 is 1.63 bits per heavy atom. The third-order valence-corrected chi connectivity index (χ3v) is 4.36. The van der Waals surface area contributed by atoms with Crippen LogP contribution in [0, 0.1) is 0 Å². The third kappa shape index (κ3) is 4.83. The summed E-state index contributed by atoms with van der Waals surface area (Å²) in [5.41, 5.74) is 1.94. The summed E-state index contributed by atoms with van der Waals surface area (Å²) in [7, 11) is 0. The molecule has 5 heteroatoms. The summed E-state index contributed by atoms with van der Waals surface area (Å²) >= 11 is 3.35. The zero-order valence-electron chi connectivity index (χ0n) is 14.6. The van der Waals surface area contributed by atoms with E-state index in [2.05, 4.69) is 15.9 Å². The van der Waals surface area contributed by atoms with E-state index in [1.165, 1.54) is 6.08 Å². The van der Waals surface area contributed by atoms with Gasteiger partial charge in [-0.2, -0.15) is 0 Å². The van der Waals surface area contributed by atoms with E-state index in [9.17, 15) is 9.59 Å². The molecule has 136 valence electrons. The highest BCUT2D eigenvalue weighted by atomic mass is 79.9. The van der Waals surface area contributed by atoms with Crippen LogP contribution in [0.1, 0.15) is 33.4 Å². The molecule has 27 heavy (non-hydrogen) atoms. The molecule has 0 saturated heterocycles. The number of allylic oxidation sites excluding steroid dienone is 1. The van der Waals surface area contributed by atoms with E-state index in [-0.39, 0.29) is 11.8 Å². The first-order valence-electron chi connectivity index (χ1n) is 8.42. The molecule has 0 N–H and O–H groups in total. The highest BCUT2D eigenvalue weighted by Gasteiger charge is 2.08. The zero-order valence-corrected chi connectivity index (χ0v) is 16.2. The van der Waals surface area contributed by atoms with Crippen LogP contribution in [0.4, 0.5) is 0 Å². The smallest absolute Gasteiger partial charge is 0.338 e. The Labute approximate surface area is 165 Å². The van der Waals surface area contributed by atoms with Crippen LogP contribution in [0.3, 0.4) is 0 Å². The number of furan rings is 1. The van der Waals surface area contributed by atoms with Crippen LogP contribution >= 0.6 is 15.9 Å². The van der Waals surface area contributed by atoms with Crippen molar-refractivity contribution in [3.8, 4) is 11.3 Å². The molecule has 1 aromatic heterocycles. The Hall–Kier alpha value is -2.92. The first-order valence-corrected chi connectivity index (χ1v) is 9.21. The maximum Gasteiger partial charge on any atom is 0.338 e. The molecule has 0 fully saturated rings. The predicted octanol–water partition coefficient (Wildman–Crippen LogP) is 5.78. The van der Waals surface area contributed by atoms with Gasteiger partial charge >= 0.3 is 5.97 Å². The van der Waals surface area contributed by atoms with Gasteiger partial charge in [0.2, 0.25) is 0 Å². The number of halogens is 1. The fourth-order valence-corrected chi connectivity index (χ4v) is 2.72. The summed E-state index contributed by atoms with van der Waals surface area (Å²) in [5.74, 6) is 0.781. The van der Waals surface area contributed by atoms with Crippen molar-refractivity contribution in [2.75, 3.05) is 6.61 Å². The first kappa shape index (κ1) is 18.9. The van der Waals surface area contributed by atoms with Gasteiger partial charge in [0.05, 0.1) is 12.2 Å². The fraction of sp³-hybridized carbons (Fsp3) is 0.0909. The lowest BCUT2D eigenvalue weighted by Crippen LogP contribution is -2.03. The van der Waals surface area contributed by atoms with Gasteiger partial charge in [-0.25, -0.2) is 4.79 Å². The van der Waals surface area contributed by atoms with Crippen LogP contribution < -0.4 is 0 Å². The van der Waals surface area contributed by atoms with Crippen LogP contribution in [0.5, 0.6) is 0 Å². The van der Waals surface area contributed by atoms with E-state index in [0.29, 0.717) is 29.3 Å². The number of benzene rings is 2. The Morgan fingerprint density at radius 1 is 0.963 bits per heavy atom. The summed E-state index contributed by atoms with van der Waals surface area (Å²) in [6.07, 6.45) is 3.12. The van der Waals surface area contributed by atoms with Crippen molar-refractivity contribution in [1.82, 2.24) is 0 Å². The summed E-state index contributed by atoms with van der Waals surface area (Å²) in [5, 5.41) is 0. The molecule has 0 saturated carbocycles. The summed E-state index contributed by atoms with van der Waals surface area (Å²) in [6, 6.07) is 17.8. The van der Waals surface area contributed by atoms with Crippen molar-refractivity contribution in [1.29, 1.82) is 0 Å². The number of hydrogen-bond acceptors (Lipinski definition) is 4. The Bertz CT molecular complexity index is 966. The van der Waals surface area contributed by atoms with Gasteiger partial charge in [0, 0.05) is 15.6 Å². The lowest BCUT2D eigenvalue weighted by atomic mass is 10.1. The van der Waals surface area contributed by atoms with E-state index < -0.39 is 0 Å². The molecule has 0 atom stereocenters. The number of ketones is 1. The minimum absolute atomic E-state index is 0.0979. The van der Waals surface area contributed by atoms with Crippen molar-refractivity contribution < 1.29 is 18.7 Å². The van der Waals surface area contributed by atoms with E-state index in [1.807, 2.05) is 18.2 Å². The molecule has 4 nitrogen and oxygen atoms in total. The molecule has 0 amide bonds. The normalized spacial score (nSPS) is 10.9. The Balaban J connectivity index is 1.70. The van der Waals surface area contributed by atoms with E-state index in [4.69, 9.17) is 9.15 Å². The molecule has 0 unspecified atom stereocenters. The van der Waals surface area contributed by atoms with Crippen LogP contribution in [0.25, 0.3) is 17.4 Å². The van der Waals surface area contributed by atoms with Gasteiger partial charge < -0.3 is 9.15 Å². The summed E-state index contributed by atoms with van der Waals surface area (Å²) in [6.45, 7) is 2.11. The predicted molar refractivity (Wildman–Crippen MR) is 108 cm³/mol. The number of hydrogen-bond donors (Lipinski definition) is 0. The van der Waals surface area contributed by atoms with Gasteiger partial charge in [-0.15, -0.1) is 0 Å². The van der Waals surface area contributed by atoms with Crippen molar-refractivity contribution in [2.45, 2.75) is 6.92 Å². The number of carbonyl (C=O) groups excluding carboxylic acids is 2. The Morgan fingerprint density at radius 3 is 2.30 bits per heavy atom. The monoisotopic (exact) mass is 424 g/mol. The van der Waals surface area contributed by atoms with Gasteiger partial charge in [-0.3, -0.25) is 4.79 Å². The molecule has 3 rings (SSSR count). The minimum Gasteiger partial charge on any atom is -0.462 e. The minimum atomic E-state index is -0.349. The molecule has 0 aliphatic heterocycles. The van der Waals surface area contributed by atoms with Crippen LogP contribution in [-0.4, -0.2) is 18.4 Å². The lowest BCUT2D eigenvalue weighted by Gasteiger charge is -2.02. The average molecular weight is 425 g/mol. The quantitative estimate of drug-likeness (QED) is 0.285. The second-order valence-electron chi connectivity index (χ2n) is 5.70. The van der Waals surface area contributed by atoms with Gasteiger partial charge in [-0.1, -0.05) is 28.1 Å². The van der Waals surface area contributed by atoms with Gasteiger partial charge in [-0.05, 0) is 67.6 Å². The highest BCUT2D eigenvalue weighted by Crippen LogP contribution is 2.23. The lowest BCUT2D eigenvalue weighted by molar-refractivity contribution is 0.0526. The van der Waals surface area contributed by atoms with Gasteiger partial charge in [0.25, 0.3) is 0 Å². The SMILES string of the molecule is CCOC(=O)c1ccc(-c2ccc(C=CC(=O)c3ccc(Br)cc3)o2)cc1. The second kappa shape index (κ2) is 8.64. The number of ether oxygens (including phenoxy) is 1. The summed E-state index contributed by atoms with van der Waals surface area (Å²) < 4.78 is 11.7.